The molecule has 2 rings (SSSR count). The molecule has 7 nitrogen and oxygen atoms in total. The van der Waals surface area contributed by atoms with Crippen LogP contribution in [0.15, 0.2) is 29.3 Å². The van der Waals surface area contributed by atoms with Crippen LogP contribution in [0.3, 0.4) is 0 Å². The van der Waals surface area contributed by atoms with Gasteiger partial charge < -0.3 is 25.0 Å². The Morgan fingerprint density at radius 3 is 2.79 bits per heavy atom. The number of carbonyl (C=O) groups is 1. The Balaban J connectivity index is 1.88. The maximum absolute atomic E-state index is 11.9. The third kappa shape index (κ3) is 7.76. The number of benzene rings is 1. The second-order valence-corrected chi connectivity index (χ2v) is 7.40. The summed E-state index contributed by atoms with van der Waals surface area (Å²) in [6.07, 6.45) is 3.49. The molecule has 1 heterocycles. The summed E-state index contributed by atoms with van der Waals surface area (Å²) in [5, 5.41) is 6.58. The Kier molecular flexibility index (Phi) is 9.07. The van der Waals surface area contributed by atoms with Gasteiger partial charge in [-0.05, 0) is 44.7 Å². The van der Waals surface area contributed by atoms with Crippen molar-refractivity contribution in [1.29, 1.82) is 0 Å². The summed E-state index contributed by atoms with van der Waals surface area (Å²) >= 11 is 0. The molecule has 2 unspecified atom stereocenters. The zero-order chi connectivity index (χ0) is 20.4. The average molecular weight is 391 g/mol. The molecule has 2 N–H and O–H groups in total. The number of carbonyl (C=O) groups excluding carboxylic acids is 1. The van der Waals surface area contributed by atoms with E-state index in [-0.39, 0.29) is 24.7 Å². The SMILES string of the molecule is Cc1ccccc1OC(C)CNC(=NCC(=O)N(C)C)NCC1CCCCO1. The van der Waals surface area contributed by atoms with E-state index in [0.29, 0.717) is 19.0 Å². The van der Waals surface area contributed by atoms with Crippen LogP contribution in [0.5, 0.6) is 5.75 Å². The fourth-order valence-electron chi connectivity index (χ4n) is 2.83. The summed E-state index contributed by atoms with van der Waals surface area (Å²) in [6.45, 7) is 6.19. The van der Waals surface area contributed by atoms with Crippen LogP contribution in [-0.2, 0) is 9.53 Å². The van der Waals surface area contributed by atoms with Gasteiger partial charge in [-0.25, -0.2) is 4.99 Å². The number of nitrogens with zero attached hydrogens (tertiary/aromatic N) is 2. The number of aryl methyl sites for hydroxylation is 1. The van der Waals surface area contributed by atoms with Crippen LogP contribution < -0.4 is 15.4 Å². The van der Waals surface area contributed by atoms with E-state index in [0.717, 1.165) is 30.8 Å². The fourth-order valence-corrected chi connectivity index (χ4v) is 2.83. The number of hydrogen-bond donors (Lipinski definition) is 2. The monoisotopic (exact) mass is 390 g/mol. The molecule has 1 saturated heterocycles. The molecule has 7 heteroatoms. The van der Waals surface area contributed by atoms with Crippen LogP contribution in [0.2, 0.25) is 0 Å². The molecule has 0 spiro atoms. The number of guanidine groups is 1. The lowest BCUT2D eigenvalue weighted by molar-refractivity contribution is -0.127. The van der Waals surface area contributed by atoms with E-state index in [4.69, 9.17) is 9.47 Å². The average Bonchev–Trinajstić information content (AvgIpc) is 2.69. The highest BCUT2D eigenvalue weighted by Crippen LogP contribution is 2.17. The van der Waals surface area contributed by atoms with E-state index in [1.54, 1.807) is 14.1 Å². The molecule has 2 atom stereocenters. The van der Waals surface area contributed by atoms with Gasteiger partial charge in [0, 0.05) is 27.2 Å². The number of para-hydroxylation sites is 1. The second-order valence-electron chi connectivity index (χ2n) is 7.40. The van der Waals surface area contributed by atoms with Crippen LogP contribution in [0, 0.1) is 6.92 Å². The van der Waals surface area contributed by atoms with Gasteiger partial charge in [0.1, 0.15) is 18.4 Å². The Morgan fingerprint density at radius 2 is 2.11 bits per heavy atom. The third-order valence-corrected chi connectivity index (χ3v) is 4.62. The topological polar surface area (TPSA) is 75.2 Å². The van der Waals surface area contributed by atoms with Gasteiger partial charge in [-0.2, -0.15) is 0 Å². The molecule has 0 aliphatic carbocycles. The Morgan fingerprint density at radius 1 is 1.32 bits per heavy atom. The van der Waals surface area contributed by atoms with Crippen molar-refractivity contribution in [1.82, 2.24) is 15.5 Å². The maximum Gasteiger partial charge on any atom is 0.243 e. The summed E-state index contributed by atoms with van der Waals surface area (Å²) in [7, 11) is 3.46. The first kappa shape index (κ1) is 22.0. The van der Waals surface area contributed by atoms with E-state index >= 15 is 0 Å². The van der Waals surface area contributed by atoms with Crippen LogP contribution in [0.4, 0.5) is 0 Å². The minimum absolute atomic E-state index is 0.0424. The molecule has 1 aromatic carbocycles. The van der Waals surface area contributed by atoms with Crippen molar-refractivity contribution in [2.45, 2.75) is 45.3 Å². The minimum atomic E-state index is -0.0522. The van der Waals surface area contributed by atoms with Gasteiger partial charge in [0.05, 0.1) is 12.6 Å². The summed E-state index contributed by atoms with van der Waals surface area (Å²) in [4.78, 5) is 17.8. The van der Waals surface area contributed by atoms with E-state index in [9.17, 15) is 4.79 Å². The molecule has 1 amide bonds. The second kappa shape index (κ2) is 11.5. The normalized spacial score (nSPS) is 18.3. The van der Waals surface area contributed by atoms with E-state index < -0.39 is 0 Å². The standard InChI is InChI=1S/C21H34N4O3/c1-16-9-5-6-11-19(16)28-17(2)13-22-21(24-15-20(26)25(3)4)23-14-18-10-7-8-12-27-18/h5-6,9,11,17-18H,7-8,10,12-15H2,1-4H3,(H2,22,23,24). The van der Waals surface area contributed by atoms with Gasteiger partial charge in [0.15, 0.2) is 5.96 Å². The summed E-state index contributed by atoms with van der Waals surface area (Å²) in [5.41, 5.74) is 1.10. The lowest BCUT2D eigenvalue weighted by atomic mass is 10.1. The van der Waals surface area contributed by atoms with Crippen molar-refractivity contribution in [3.05, 3.63) is 29.8 Å². The molecule has 1 aliphatic rings. The smallest absolute Gasteiger partial charge is 0.243 e. The third-order valence-electron chi connectivity index (χ3n) is 4.62. The van der Waals surface area contributed by atoms with Crippen LogP contribution in [0.1, 0.15) is 31.7 Å². The predicted molar refractivity (Wildman–Crippen MR) is 112 cm³/mol. The van der Waals surface area contributed by atoms with Gasteiger partial charge in [-0.1, -0.05) is 18.2 Å². The van der Waals surface area contributed by atoms with E-state index in [1.807, 2.05) is 38.1 Å². The molecular weight excluding hydrogens is 356 g/mol. The minimum Gasteiger partial charge on any atom is -0.489 e. The van der Waals surface area contributed by atoms with Gasteiger partial charge in [-0.15, -0.1) is 0 Å². The van der Waals surface area contributed by atoms with Crippen molar-refractivity contribution >= 4 is 11.9 Å². The molecular formula is C21H34N4O3. The summed E-state index contributed by atoms with van der Waals surface area (Å²) < 4.78 is 11.8. The maximum atomic E-state index is 11.9. The molecule has 1 aliphatic heterocycles. The van der Waals surface area contributed by atoms with Gasteiger partial charge in [0.2, 0.25) is 5.91 Å². The van der Waals surface area contributed by atoms with E-state index in [2.05, 4.69) is 15.6 Å². The molecule has 28 heavy (non-hydrogen) atoms. The fraction of sp³-hybridized carbons (Fsp3) is 0.619. The van der Waals surface area contributed by atoms with Crippen molar-refractivity contribution in [3.8, 4) is 5.75 Å². The molecule has 0 saturated carbocycles. The molecule has 1 aromatic rings. The highest BCUT2D eigenvalue weighted by atomic mass is 16.5. The number of ether oxygens (including phenoxy) is 2. The lowest BCUT2D eigenvalue weighted by Gasteiger charge is -2.24. The van der Waals surface area contributed by atoms with E-state index in [1.165, 1.54) is 11.3 Å². The number of likely N-dealkylation sites (N-methyl/N-ethyl adjacent to an activating group) is 1. The quantitative estimate of drug-likeness (QED) is 0.524. The number of aliphatic imine (C=N–C) groups is 1. The van der Waals surface area contributed by atoms with Crippen molar-refractivity contribution in [2.75, 3.05) is 40.3 Å². The summed E-state index contributed by atoms with van der Waals surface area (Å²) in [5.74, 6) is 1.44. The zero-order valence-electron chi connectivity index (χ0n) is 17.5. The van der Waals surface area contributed by atoms with Crippen LogP contribution >= 0.6 is 0 Å². The molecule has 156 valence electrons. The first-order valence-electron chi connectivity index (χ1n) is 10.0. The van der Waals surface area contributed by atoms with Crippen LogP contribution in [0.25, 0.3) is 0 Å². The van der Waals surface area contributed by atoms with Crippen molar-refractivity contribution in [3.63, 3.8) is 0 Å². The number of rotatable bonds is 8. The number of amides is 1. The highest BCUT2D eigenvalue weighted by Gasteiger charge is 2.15. The molecule has 1 fully saturated rings. The first-order chi connectivity index (χ1) is 13.5. The summed E-state index contributed by atoms with van der Waals surface area (Å²) in [6, 6.07) is 7.96. The Hall–Kier alpha value is -2.28. The highest BCUT2D eigenvalue weighted by molar-refractivity contribution is 5.84. The predicted octanol–water partition coefficient (Wildman–Crippen LogP) is 1.95. The van der Waals surface area contributed by atoms with Crippen molar-refractivity contribution < 1.29 is 14.3 Å². The Labute approximate surface area is 168 Å². The van der Waals surface area contributed by atoms with Gasteiger partial charge in [0.25, 0.3) is 0 Å². The molecule has 0 radical (unpaired) electrons. The number of hydrogen-bond acceptors (Lipinski definition) is 4. The lowest BCUT2D eigenvalue weighted by Crippen LogP contribution is -2.45. The zero-order valence-corrected chi connectivity index (χ0v) is 17.5. The molecule has 0 bridgehead atoms. The largest absolute Gasteiger partial charge is 0.489 e. The van der Waals surface area contributed by atoms with Crippen molar-refractivity contribution in [2.24, 2.45) is 4.99 Å². The van der Waals surface area contributed by atoms with Gasteiger partial charge >= 0.3 is 0 Å². The van der Waals surface area contributed by atoms with Crippen LogP contribution in [-0.4, -0.2) is 69.3 Å². The Bertz CT molecular complexity index is 642. The number of nitrogens with one attached hydrogen (secondary N) is 2. The first-order valence-corrected chi connectivity index (χ1v) is 10.0. The molecule has 0 aromatic heterocycles. The van der Waals surface area contributed by atoms with Gasteiger partial charge in [-0.3, -0.25) is 4.79 Å².